The van der Waals surface area contributed by atoms with Crippen molar-refractivity contribution < 1.29 is 30.9 Å². The van der Waals surface area contributed by atoms with Gasteiger partial charge in [0.2, 0.25) is 5.88 Å². The summed E-state index contributed by atoms with van der Waals surface area (Å²) in [6.07, 6.45) is 1.67. The number of hydrogen-bond acceptors (Lipinski definition) is 5. The molecule has 0 amide bonds. The maximum absolute atomic E-state index is 10.4. The zero-order chi connectivity index (χ0) is 21.8. The van der Waals surface area contributed by atoms with E-state index in [2.05, 4.69) is 11.1 Å². The van der Waals surface area contributed by atoms with Crippen LogP contribution in [0.5, 0.6) is 17.4 Å². The van der Waals surface area contributed by atoms with Crippen LogP contribution in [0, 0.1) is 6.07 Å². The Morgan fingerprint density at radius 1 is 0.727 bits per heavy atom. The van der Waals surface area contributed by atoms with Crippen molar-refractivity contribution in [3.63, 3.8) is 0 Å². The summed E-state index contributed by atoms with van der Waals surface area (Å²) in [5.41, 5.74) is 3.68. The van der Waals surface area contributed by atoms with Gasteiger partial charge in [-0.15, -0.1) is 23.8 Å². The molecule has 164 valence electrons. The molecule has 0 radical (unpaired) electrons. The maximum atomic E-state index is 10.4. The second-order valence-electron chi connectivity index (χ2n) is 7.04. The van der Waals surface area contributed by atoms with Gasteiger partial charge in [-0.05, 0) is 29.5 Å². The Hall–Kier alpha value is -3.82. The molecule has 1 N–H and O–H groups in total. The average molecular weight is 612 g/mol. The van der Waals surface area contributed by atoms with Crippen molar-refractivity contribution in [3.8, 4) is 51.3 Å². The third-order valence-electron chi connectivity index (χ3n) is 4.84. The average Bonchev–Trinajstić information content (AvgIpc) is 2.85. The molecule has 0 atom stereocenters. The minimum Gasteiger partial charge on any atom is -0.507 e. The van der Waals surface area contributed by atoms with Gasteiger partial charge in [0.25, 0.3) is 0 Å². The number of benzene rings is 3. The monoisotopic (exact) mass is 611 g/mol. The van der Waals surface area contributed by atoms with Crippen LogP contribution in [0.2, 0.25) is 0 Å². The van der Waals surface area contributed by atoms with Crippen LogP contribution in [-0.4, -0.2) is 20.1 Å². The summed E-state index contributed by atoms with van der Waals surface area (Å²) in [6, 6.07) is 33.2. The Labute approximate surface area is 206 Å². The molecular formula is C27H18N3O2Pt-. The predicted octanol–water partition coefficient (Wildman–Crippen LogP) is 6.17. The second-order valence-corrected chi connectivity index (χ2v) is 7.04. The van der Waals surface area contributed by atoms with Crippen LogP contribution in [0.1, 0.15) is 0 Å². The van der Waals surface area contributed by atoms with Crippen LogP contribution in [0.15, 0.2) is 103 Å². The van der Waals surface area contributed by atoms with E-state index < -0.39 is 0 Å². The van der Waals surface area contributed by atoms with Crippen LogP contribution < -0.4 is 4.74 Å². The first-order valence-electron chi connectivity index (χ1n) is 10.1. The van der Waals surface area contributed by atoms with Gasteiger partial charge in [0.05, 0.1) is 11.3 Å². The molecule has 0 saturated carbocycles. The number of phenols is 1. The number of aromatic hydroxyl groups is 1. The number of ether oxygens (including phenoxy) is 1. The summed E-state index contributed by atoms with van der Waals surface area (Å²) in [4.78, 5) is 13.7. The van der Waals surface area contributed by atoms with Crippen LogP contribution in [0.25, 0.3) is 33.9 Å². The summed E-state index contributed by atoms with van der Waals surface area (Å²) in [5.74, 6) is 1.58. The molecule has 5 aromatic rings. The quantitative estimate of drug-likeness (QED) is 0.241. The standard InChI is InChI=1S/C27H18N3O2.Pt/c31-25-14-5-4-13-22(25)27-29-23(19-9-2-1-3-10-19)18-24(30-27)20-11-8-12-21(17-20)32-26-15-6-7-16-28-26;/h1-16,18,31H;/q-1;. The summed E-state index contributed by atoms with van der Waals surface area (Å²) in [6.45, 7) is 0. The number of hydrogen-bond donors (Lipinski definition) is 1. The van der Waals surface area contributed by atoms with Crippen LogP contribution >= 0.6 is 0 Å². The molecule has 0 aliphatic rings. The molecule has 0 fully saturated rings. The maximum Gasteiger partial charge on any atom is 0.217 e. The Morgan fingerprint density at radius 3 is 2.27 bits per heavy atom. The van der Waals surface area contributed by atoms with Crippen LogP contribution in [0.3, 0.4) is 0 Å². The summed E-state index contributed by atoms with van der Waals surface area (Å²) >= 11 is 0. The zero-order valence-electron chi connectivity index (χ0n) is 17.3. The molecule has 0 saturated heterocycles. The Bertz CT molecular complexity index is 1360. The fourth-order valence-corrected chi connectivity index (χ4v) is 3.30. The Kier molecular flexibility index (Phi) is 6.91. The molecule has 2 aromatic heterocycles. The fourth-order valence-electron chi connectivity index (χ4n) is 3.30. The second kappa shape index (κ2) is 10.2. The van der Waals surface area contributed by atoms with Gasteiger partial charge in [-0.1, -0.05) is 60.7 Å². The fraction of sp³-hybridized carbons (Fsp3) is 0. The molecule has 6 heteroatoms. The van der Waals surface area contributed by atoms with E-state index in [0.717, 1.165) is 16.8 Å². The van der Waals surface area contributed by atoms with Crippen LogP contribution in [0.4, 0.5) is 0 Å². The van der Waals surface area contributed by atoms with Crippen molar-refractivity contribution in [3.05, 3.63) is 109 Å². The van der Waals surface area contributed by atoms with E-state index in [1.54, 1.807) is 30.5 Å². The first kappa shape index (κ1) is 22.4. The normalized spacial score (nSPS) is 10.3. The van der Waals surface area contributed by atoms with E-state index in [-0.39, 0.29) is 26.8 Å². The van der Waals surface area contributed by atoms with E-state index in [0.29, 0.717) is 28.7 Å². The summed E-state index contributed by atoms with van der Waals surface area (Å²) in [5, 5.41) is 10.4. The van der Waals surface area contributed by atoms with Crippen molar-refractivity contribution in [2.75, 3.05) is 0 Å². The summed E-state index contributed by atoms with van der Waals surface area (Å²) in [7, 11) is 0. The molecule has 2 heterocycles. The molecule has 0 aliphatic carbocycles. The molecule has 3 aromatic carbocycles. The molecule has 0 spiro atoms. The first-order chi connectivity index (χ1) is 15.8. The number of rotatable bonds is 5. The minimum atomic E-state index is 0. The third-order valence-corrected chi connectivity index (χ3v) is 4.84. The molecule has 0 aliphatic heterocycles. The predicted molar refractivity (Wildman–Crippen MR) is 123 cm³/mol. The Morgan fingerprint density at radius 2 is 1.48 bits per heavy atom. The molecular weight excluding hydrogens is 593 g/mol. The van der Waals surface area contributed by atoms with Gasteiger partial charge in [-0.3, -0.25) is 4.98 Å². The van der Waals surface area contributed by atoms with Gasteiger partial charge in [0.1, 0.15) is 5.75 Å². The molecule has 5 nitrogen and oxygen atoms in total. The van der Waals surface area contributed by atoms with Gasteiger partial charge in [0, 0.05) is 39.1 Å². The van der Waals surface area contributed by atoms with Gasteiger partial charge in [-0.25, -0.2) is 9.97 Å². The van der Waals surface area contributed by atoms with Crippen molar-refractivity contribution in [2.24, 2.45) is 0 Å². The Balaban J connectivity index is 0.00000259. The van der Waals surface area contributed by atoms with Crippen LogP contribution in [-0.2, 0) is 21.1 Å². The van der Waals surface area contributed by atoms with Gasteiger partial charge in [-0.2, -0.15) is 0 Å². The van der Waals surface area contributed by atoms with E-state index in [9.17, 15) is 5.11 Å². The molecule has 0 unspecified atom stereocenters. The minimum absolute atomic E-state index is 0. The van der Waals surface area contributed by atoms with Crippen molar-refractivity contribution >= 4 is 0 Å². The summed E-state index contributed by atoms with van der Waals surface area (Å²) < 4.78 is 5.84. The van der Waals surface area contributed by atoms with E-state index in [1.165, 1.54) is 0 Å². The van der Waals surface area contributed by atoms with Gasteiger partial charge < -0.3 is 9.84 Å². The topological polar surface area (TPSA) is 68.1 Å². The molecule has 0 bridgehead atoms. The van der Waals surface area contributed by atoms with Crippen molar-refractivity contribution in [1.29, 1.82) is 0 Å². The smallest absolute Gasteiger partial charge is 0.217 e. The van der Waals surface area contributed by atoms with Crippen molar-refractivity contribution in [2.45, 2.75) is 0 Å². The largest absolute Gasteiger partial charge is 0.507 e. The van der Waals surface area contributed by atoms with E-state index >= 15 is 0 Å². The molecule has 5 rings (SSSR count). The van der Waals surface area contributed by atoms with Gasteiger partial charge in [0.15, 0.2) is 5.82 Å². The zero-order valence-corrected chi connectivity index (χ0v) is 19.6. The first-order valence-corrected chi connectivity index (χ1v) is 10.1. The van der Waals surface area contributed by atoms with E-state index in [1.807, 2.05) is 72.8 Å². The number of aromatic nitrogens is 3. The third kappa shape index (κ3) is 5.16. The number of pyridine rings is 1. The number of phenolic OH excluding ortho intramolecular Hbond substituents is 1. The number of para-hydroxylation sites is 1. The SMILES string of the molecule is Oc1ccccc1-c1nc(-c2[c-]c(Oc3ccccn3)ccc2)cc(-c2ccccc2)n1.[Pt]. The number of nitrogens with zero attached hydrogens (tertiary/aromatic N) is 3. The van der Waals surface area contributed by atoms with E-state index in [4.69, 9.17) is 14.7 Å². The molecule has 33 heavy (non-hydrogen) atoms. The van der Waals surface area contributed by atoms with Gasteiger partial charge >= 0.3 is 0 Å². The van der Waals surface area contributed by atoms with Crippen molar-refractivity contribution in [1.82, 2.24) is 15.0 Å².